The highest BCUT2D eigenvalue weighted by Gasteiger charge is 2.54. The summed E-state index contributed by atoms with van der Waals surface area (Å²) in [5.41, 5.74) is -1.31. The molecule has 1 aromatic carbocycles. The van der Waals surface area contributed by atoms with E-state index < -0.39 is 50.4 Å². The first-order valence-electron chi connectivity index (χ1n) is 9.64. The zero-order chi connectivity index (χ0) is 25.4. The minimum atomic E-state index is -1.29. The predicted octanol–water partition coefficient (Wildman–Crippen LogP) is 1.81. The van der Waals surface area contributed by atoms with Crippen LogP contribution in [0.5, 0.6) is 0 Å². The zero-order valence-corrected chi connectivity index (χ0v) is 20.0. The summed E-state index contributed by atoms with van der Waals surface area (Å²) in [6.07, 6.45) is 0. The van der Waals surface area contributed by atoms with Gasteiger partial charge in [0.2, 0.25) is 0 Å². The average Bonchev–Trinajstić information content (AvgIpc) is 3.24. The fraction of sp³-hybridized carbons (Fsp3) is 0.278. The highest BCUT2D eigenvalue weighted by molar-refractivity contribution is 8.01. The number of nitro benzene ring substituents is 2. The third kappa shape index (κ3) is 4.82. The van der Waals surface area contributed by atoms with E-state index in [-0.39, 0.29) is 22.8 Å². The van der Waals surface area contributed by atoms with Gasteiger partial charge in [-0.15, -0.1) is 22.0 Å². The van der Waals surface area contributed by atoms with E-state index in [1.807, 2.05) is 0 Å². The normalized spacial score (nSPS) is 19.1. The lowest BCUT2D eigenvalue weighted by atomic mass is 10.0. The van der Waals surface area contributed by atoms with Crippen LogP contribution in [0.3, 0.4) is 0 Å². The van der Waals surface area contributed by atoms with Crippen LogP contribution in [-0.4, -0.2) is 70.8 Å². The van der Waals surface area contributed by atoms with E-state index in [0.29, 0.717) is 9.91 Å². The molecular weight excluding hydrogens is 524 g/mol. The molecule has 2 N–H and O–H groups in total. The van der Waals surface area contributed by atoms with Crippen LogP contribution in [0.25, 0.3) is 0 Å². The fourth-order valence-electron chi connectivity index (χ4n) is 3.44. The van der Waals surface area contributed by atoms with Gasteiger partial charge in [0.25, 0.3) is 23.2 Å². The second kappa shape index (κ2) is 9.59. The third-order valence-electron chi connectivity index (χ3n) is 5.00. The van der Waals surface area contributed by atoms with Crippen LogP contribution in [0, 0.1) is 27.2 Å². The lowest BCUT2D eigenvalue weighted by Crippen LogP contribution is -2.70. The molecule has 0 unspecified atom stereocenters. The van der Waals surface area contributed by atoms with Crippen LogP contribution in [0.15, 0.2) is 33.8 Å². The van der Waals surface area contributed by atoms with Gasteiger partial charge in [-0.25, -0.2) is 4.79 Å². The number of β-lactam (4-membered cyclic amide) rings is 1. The number of nitrogens with one attached hydrogen (secondary N) is 1. The number of carboxylic acids is 1. The maximum Gasteiger partial charge on any atom is 0.352 e. The Morgan fingerprint density at radius 3 is 2.43 bits per heavy atom. The van der Waals surface area contributed by atoms with Gasteiger partial charge < -0.3 is 10.4 Å². The van der Waals surface area contributed by atoms with Crippen molar-refractivity contribution in [3.63, 3.8) is 0 Å². The van der Waals surface area contributed by atoms with Crippen molar-refractivity contribution in [1.29, 1.82) is 0 Å². The molecule has 0 aliphatic carbocycles. The number of carbonyl (C=O) groups is 3. The molecule has 182 valence electrons. The molecule has 1 saturated heterocycles. The number of nitrogens with zero attached hydrogens (tertiary/aromatic N) is 5. The molecule has 2 aromatic rings. The van der Waals surface area contributed by atoms with Gasteiger partial charge in [-0.1, -0.05) is 23.1 Å². The molecule has 14 nitrogen and oxygen atoms in total. The minimum absolute atomic E-state index is 0.163. The molecular formula is C18H14N6O8S3. The van der Waals surface area contributed by atoms with Crippen LogP contribution < -0.4 is 5.32 Å². The number of hydrogen-bond acceptors (Lipinski definition) is 12. The Balaban J connectivity index is 1.51. The number of fused-ring (bicyclic) bond motifs is 1. The van der Waals surface area contributed by atoms with Crippen molar-refractivity contribution in [2.75, 3.05) is 11.5 Å². The summed E-state index contributed by atoms with van der Waals surface area (Å²) in [5, 5.41) is 42.3. The largest absolute Gasteiger partial charge is 0.477 e. The fourth-order valence-corrected chi connectivity index (χ4v) is 6.74. The second-order valence-corrected chi connectivity index (χ2v) is 10.8. The Bertz CT molecular complexity index is 1280. The SMILES string of the molecule is Cc1nnc(SCC2=C(C(=O)O)N3C(=O)[C@@H](NC(=O)c4cc([N+](=O)[O-])cc([N+](=O)[O-])c4)[C@H]3SC2)s1. The molecule has 0 radical (unpaired) electrons. The average molecular weight is 539 g/mol. The van der Waals surface area contributed by atoms with Gasteiger partial charge in [0.15, 0.2) is 4.34 Å². The number of benzene rings is 1. The Morgan fingerprint density at radius 1 is 1.23 bits per heavy atom. The van der Waals surface area contributed by atoms with Crippen LogP contribution in [0.1, 0.15) is 15.4 Å². The Kier molecular flexibility index (Phi) is 6.73. The number of rotatable bonds is 8. The van der Waals surface area contributed by atoms with Gasteiger partial charge >= 0.3 is 5.97 Å². The van der Waals surface area contributed by atoms with Crippen LogP contribution >= 0.6 is 34.9 Å². The van der Waals surface area contributed by atoms with Crippen molar-refractivity contribution in [3.8, 4) is 0 Å². The van der Waals surface area contributed by atoms with Gasteiger partial charge in [-0.2, -0.15) is 0 Å². The maximum absolute atomic E-state index is 12.8. The molecule has 2 aliphatic heterocycles. The molecule has 0 bridgehead atoms. The van der Waals surface area contributed by atoms with Crippen molar-refractivity contribution in [2.45, 2.75) is 22.7 Å². The minimum Gasteiger partial charge on any atom is -0.477 e. The molecule has 2 aliphatic rings. The lowest BCUT2D eigenvalue weighted by molar-refractivity contribution is -0.394. The zero-order valence-electron chi connectivity index (χ0n) is 17.6. The molecule has 17 heteroatoms. The standard InChI is InChI=1S/C18H14N6O8S3/c1-7-20-21-18(35-7)34-6-9-5-33-16-12(15(26)22(16)13(9)17(27)28)19-14(25)8-2-10(23(29)30)4-11(3-8)24(31)32/h2-4,12,16H,5-6H2,1H3,(H,19,25)(H,27,28)/t12-,16-/m1/s1. The quantitative estimate of drug-likeness (QED) is 0.214. The number of aryl methyl sites for hydroxylation is 1. The van der Waals surface area contributed by atoms with E-state index in [1.54, 1.807) is 6.92 Å². The van der Waals surface area contributed by atoms with Gasteiger partial charge in [0.1, 0.15) is 22.1 Å². The highest BCUT2D eigenvalue weighted by atomic mass is 32.2. The molecule has 2 amide bonds. The smallest absolute Gasteiger partial charge is 0.352 e. The van der Waals surface area contributed by atoms with Crippen LogP contribution in [-0.2, 0) is 9.59 Å². The van der Waals surface area contributed by atoms with Crippen molar-refractivity contribution in [1.82, 2.24) is 20.4 Å². The summed E-state index contributed by atoms with van der Waals surface area (Å²) in [6, 6.07) is 1.35. The first-order valence-corrected chi connectivity index (χ1v) is 12.5. The lowest BCUT2D eigenvalue weighted by Gasteiger charge is -2.49. The molecule has 35 heavy (non-hydrogen) atoms. The summed E-state index contributed by atoms with van der Waals surface area (Å²) >= 11 is 3.92. The number of thioether (sulfide) groups is 2. The summed E-state index contributed by atoms with van der Waals surface area (Å²) < 4.78 is 0.665. The van der Waals surface area contributed by atoms with Crippen molar-refractivity contribution >= 4 is 64.0 Å². The van der Waals surface area contributed by atoms with Gasteiger partial charge in [0.05, 0.1) is 21.5 Å². The van der Waals surface area contributed by atoms with Gasteiger partial charge in [-0.3, -0.25) is 34.7 Å². The highest BCUT2D eigenvalue weighted by Crippen LogP contribution is 2.42. The summed E-state index contributed by atoms with van der Waals surface area (Å²) in [7, 11) is 0. The number of nitro groups is 2. The first-order chi connectivity index (χ1) is 16.6. The Labute approximate surface area is 208 Å². The van der Waals surface area contributed by atoms with E-state index in [2.05, 4.69) is 15.5 Å². The Morgan fingerprint density at radius 2 is 1.89 bits per heavy atom. The summed E-state index contributed by atoms with van der Waals surface area (Å²) in [6.45, 7) is 1.80. The maximum atomic E-state index is 12.8. The molecule has 0 saturated carbocycles. The van der Waals surface area contributed by atoms with Crippen LogP contribution in [0.2, 0.25) is 0 Å². The second-order valence-electron chi connectivity index (χ2n) is 7.25. The van der Waals surface area contributed by atoms with E-state index in [9.17, 15) is 39.7 Å². The van der Waals surface area contributed by atoms with E-state index in [0.717, 1.165) is 28.1 Å². The molecule has 1 aromatic heterocycles. The van der Waals surface area contributed by atoms with Crippen molar-refractivity contribution < 1.29 is 29.3 Å². The van der Waals surface area contributed by atoms with Crippen molar-refractivity contribution in [2.24, 2.45) is 0 Å². The molecule has 1 fully saturated rings. The number of hydrogen-bond donors (Lipinski definition) is 2. The monoisotopic (exact) mass is 538 g/mol. The number of non-ortho nitro benzene ring substituents is 2. The van der Waals surface area contributed by atoms with E-state index in [4.69, 9.17) is 0 Å². The van der Waals surface area contributed by atoms with E-state index >= 15 is 0 Å². The molecule has 4 rings (SSSR count). The van der Waals surface area contributed by atoms with E-state index in [1.165, 1.54) is 34.9 Å². The first kappa shape index (κ1) is 24.6. The molecule has 3 heterocycles. The van der Waals surface area contributed by atoms with Gasteiger partial charge in [-0.05, 0) is 12.5 Å². The number of aromatic nitrogens is 2. The van der Waals surface area contributed by atoms with Gasteiger partial charge in [0, 0.05) is 23.6 Å². The number of amides is 2. The number of aliphatic carboxylic acids is 1. The summed E-state index contributed by atoms with van der Waals surface area (Å²) in [5.74, 6) is -2.30. The number of carbonyl (C=O) groups excluding carboxylic acids is 2. The topological polar surface area (TPSA) is 199 Å². The third-order valence-corrected chi connectivity index (χ3v) is 8.40. The molecule has 2 atom stereocenters. The predicted molar refractivity (Wildman–Crippen MR) is 124 cm³/mol. The number of carboxylic acid groups (broad SMARTS) is 1. The van der Waals surface area contributed by atoms with Crippen LogP contribution in [0.4, 0.5) is 11.4 Å². The Hall–Kier alpha value is -3.57. The summed E-state index contributed by atoms with van der Waals surface area (Å²) in [4.78, 5) is 58.9. The van der Waals surface area contributed by atoms with Crippen molar-refractivity contribution in [3.05, 3.63) is 60.3 Å². The molecule has 0 spiro atoms.